The van der Waals surface area contributed by atoms with Gasteiger partial charge < -0.3 is 15.0 Å². The number of hydrogen-bond acceptors (Lipinski definition) is 4. The summed E-state index contributed by atoms with van der Waals surface area (Å²) in [6, 6.07) is 0. The number of carbonyl (C=O) groups is 2. The van der Waals surface area contributed by atoms with Gasteiger partial charge in [-0.05, 0) is 6.92 Å². The Bertz CT molecular complexity index is 310. The number of halogens is 2. The number of alkyl halides is 2. The maximum atomic E-state index is 12.8. The molecule has 0 aromatic heterocycles. The molecule has 0 spiro atoms. The fraction of sp³-hybridized carbons (Fsp3) is 0.800. The number of ether oxygens (including phenoxy) is 1. The maximum absolute atomic E-state index is 12.8. The fourth-order valence-electron chi connectivity index (χ4n) is 1.41. The summed E-state index contributed by atoms with van der Waals surface area (Å²) in [5.41, 5.74) is 0. The van der Waals surface area contributed by atoms with Crippen LogP contribution in [0.5, 0.6) is 0 Å². The Hall–Kier alpha value is -1.24. The summed E-state index contributed by atoms with van der Waals surface area (Å²) < 4.78 is 30.0. The quantitative estimate of drug-likeness (QED) is 0.698. The topological polar surface area (TPSA) is 58.6 Å². The van der Waals surface area contributed by atoms with Crippen LogP contribution < -0.4 is 5.32 Å². The minimum Gasteiger partial charge on any atom is -0.456 e. The molecule has 1 N–H and O–H groups in total. The summed E-state index contributed by atoms with van der Waals surface area (Å²) in [7, 11) is 1.65. The van der Waals surface area contributed by atoms with E-state index in [9.17, 15) is 18.4 Å². The van der Waals surface area contributed by atoms with Gasteiger partial charge >= 0.3 is 11.9 Å². The molecule has 98 valence electrons. The second-order valence-electron chi connectivity index (χ2n) is 3.97. The average Bonchev–Trinajstić information content (AvgIpc) is 2.51. The van der Waals surface area contributed by atoms with E-state index in [4.69, 9.17) is 0 Å². The highest BCUT2D eigenvalue weighted by Gasteiger charge is 2.50. The van der Waals surface area contributed by atoms with Crippen LogP contribution in [-0.4, -0.2) is 55.5 Å². The number of likely N-dealkylation sites (N-methyl/N-ethyl adjacent to an activating group) is 1. The van der Waals surface area contributed by atoms with Gasteiger partial charge in [0, 0.05) is 20.1 Å². The van der Waals surface area contributed by atoms with Gasteiger partial charge in [-0.3, -0.25) is 4.79 Å². The van der Waals surface area contributed by atoms with Gasteiger partial charge in [0.2, 0.25) is 5.91 Å². The predicted octanol–water partition coefficient (Wildman–Crippen LogP) is 0.00510. The Morgan fingerprint density at radius 3 is 2.76 bits per heavy atom. The molecule has 1 fully saturated rings. The highest BCUT2D eigenvalue weighted by atomic mass is 19.3. The highest BCUT2D eigenvalue weighted by Crippen LogP contribution is 2.30. The lowest BCUT2D eigenvalue weighted by Crippen LogP contribution is -2.38. The molecule has 1 saturated heterocycles. The van der Waals surface area contributed by atoms with E-state index in [0.29, 0.717) is 6.54 Å². The molecule has 1 amide bonds. The van der Waals surface area contributed by atoms with Crippen LogP contribution >= 0.6 is 0 Å². The maximum Gasteiger partial charge on any atom is 0.377 e. The third kappa shape index (κ3) is 3.62. The van der Waals surface area contributed by atoms with E-state index in [1.54, 1.807) is 7.05 Å². The van der Waals surface area contributed by atoms with Gasteiger partial charge in [0.1, 0.15) is 6.10 Å². The Morgan fingerprint density at radius 2 is 2.29 bits per heavy atom. The first-order chi connectivity index (χ1) is 7.86. The molecule has 0 aromatic rings. The number of cyclic esters (lactones) is 1. The molecule has 1 heterocycles. The van der Waals surface area contributed by atoms with E-state index in [0.717, 1.165) is 0 Å². The van der Waals surface area contributed by atoms with Crippen molar-refractivity contribution in [1.82, 2.24) is 10.2 Å². The molecule has 0 aromatic carbocycles. The van der Waals surface area contributed by atoms with Crippen LogP contribution in [0, 0.1) is 0 Å². The molecular weight excluding hydrogens is 234 g/mol. The number of rotatable bonds is 5. The van der Waals surface area contributed by atoms with E-state index in [1.165, 1.54) is 4.90 Å². The molecule has 5 nitrogen and oxygen atoms in total. The standard InChI is InChI=1S/C10H16F2N2O3/c1-3-14(2)8(15)6-13-5-7-4-10(11,12)9(16)17-7/h7,13H,3-6H2,1-2H3. The normalized spacial score (nSPS) is 22.4. The molecule has 1 unspecified atom stereocenters. The van der Waals surface area contributed by atoms with E-state index in [-0.39, 0.29) is 19.0 Å². The lowest BCUT2D eigenvalue weighted by Gasteiger charge is -2.15. The molecule has 0 saturated carbocycles. The second-order valence-corrected chi connectivity index (χ2v) is 3.97. The number of hydrogen-bond donors (Lipinski definition) is 1. The van der Waals surface area contributed by atoms with Crippen LogP contribution in [-0.2, 0) is 14.3 Å². The van der Waals surface area contributed by atoms with E-state index >= 15 is 0 Å². The van der Waals surface area contributed by atoms with Gasteiger partial charge in [-0.15, -0.1) is 0 Å². The molecule has 1 aliphatic rings. The highest BCUT2D eigenvalue weighted by molar-refractivity contribution is 5.80. The Kier molecular flexibility index (Phi) is 4.39. The zero-order chi connectivity index (χ0) is 13.1. The number of nitrogens with one attached hydrogen (secondary N) is 1. The first-order valence-corrected chi connectivity index (χ1v) is 5.40. The Labute approximate surface area is 98.1 Å². The third-order valence-corrected chi connectivity index (χ3v) is 2.60. The zero-order valence-electron chi connectivity index (χ0n) is 9.83. The molecule has 0 aliphatic carbocycles. The van der Waals surface area contributed by atoms with Crippen molar-refractivity contribution in [2.24, 2.45) is 0 Å². The van der Waals surface area contributed by atoms with Crippen molar-refractivity contribution in [2.45, 2.75) is 25.4 Å². The van der Waals surface area contributed by atoms with Crippen molar-refractivity contribution in [3.63, 3.8) is 0 Å². The minimum atomic E-state index is -3.39. The van der Waals surface area contributed by atoms with Gasteiger partial charge in [-0.25, -0.2) is 4.79 Å². The summed E-state index contributed by atoms with van der Waals surface area (Å²) >= 11 is 0. The molecule has 1 aliphatic heterocycles. The number of esters is 1. The lowest BCUT2D eigenvalue weighted by atomic mass is 10.2. The first-order valence-electron chi connectivity index (χ1n) is 5.40. The van der Waals surface area contributed by atoms with Crippen molar-refractivity contribution >= 4 is 11.9 Å². The predicted molar refractivity (Wildman–Crippen MR) is 55.6 cm³/mol. The van der Waals surface area contributed by atoms with Crippen molar-refractivity contribution in [3.8, 4) is 0 Å². The van der Waals surface area contributed by atoms with Gasteiger partial charge in [0.15, 0.2) is 0 Å². The van der Waals surface area contributed by atoms with Crippen LogP contribution in [0.3, 0.4) is 0 Å². The minimum absolute atomic E-state index is 0.0456. The third-order valence-electron chi connectivity index (χ3n) is 2.60. The summed E-state index contributed by atoms with van der Waals surface area (Å²) in [5.74, 6) is -5.01. The largest absolute Gasteiger partial charge is 0.456 e. The molecule has 0 bridgehead atoms. The van der Waals surface area contributed by atoms with Crippen LogP contribution in [0.15, 0.2) is 0 Å². The Morgan fingerprint density at radius 1 is 1.65 bits per heavy atom. The lowest BCUT2D eigenvalue weighted by molar-refractivity contribution is -0.158. The average molecular weight is 250 g/mol. The number of carbonyl (C=O) groups excluding carboxylic acids is 2. The molecule has 7 heteroatoms. The summed E-state index contributed by atoms with van der Waals surface area (Å²) in [6.45, 7) is 2.52. The van der Waals surface area contributed by atoms with Crippen molar-refractivity contribution < 1.29 is 23.1 Å². The molecule has 1 rings (SSSR count). The van der Waals surface area contributed by atoms with Crippen LogP contribution in [0.2, 0.25) is 0 Å². The van der Waals surface area contributed by atoms with Gasteiger partial charge in [-0.2, -0.15) is 8.78 Å². The first kappa shape index (κ1) is 13.8. The van der Waals surface area contributed by atoms with Crippen molar-refractivity contribution in [3.05, 3.63) is 0 Å². The molecule has 0 radical (unpaired) electrons. The molecule has 1 atom stereocenters. The summed E-state index contributed by atoms with van der Waals surface area (Å²) in [5, 5.41) is 2.70. The number of amides is 1. The van der Waals surface area contributed by atoms with Gasteiger partial charge in [-0.1, -0.05) is 0 Å². The SMILES string of the molecule is CCN(C)C(=O)CNCC1CC(F)(F)C(=O)O1. The van der Waals surface area contributed by atoms with Crippen LogP contribution in [0.25, 0.3) is 0 Å². The summed E-state index contributed by atoms with van der Waals surface area (Å²) in [6.07, 6.45) is -1.49. The number of nitrogens with zero attached hydrogens (tertiary/aromatic N) is 1. The van der Waals surface area contributed by atoms with Gasteiger partial charge in [0.25, 0.3) is 0 Å². The second kappa shape index (κ2) is 5.39. The molecular formula is C10H16F2N2O3. The monoisotopic (exact) mass is 250 g/mol. The van der Waals surface area contributed by atoms with Crippen LogP contribution in [0.1, 0.15) is 13.3 Å². The summed E-state index contributed by atoms with van der Waals surface area (Å²) in [4.78, 5) is 23.5. The van der Waals surface area contributed by atoms with Gasteiger partial charge in [0.05, 0.1) is 13.0 Å². The fourth-order valence-corrected chi connectivity index (χ4v) is 1.41. The van der Waals surface area contributed by atoms with E-state index in [1.807, 2.05) is 6.92 Å². The smallest absolute Gasteiger partial charge is 0.377 e. The Balaban J connectivity index is 2.25. The van der Waals surface area contributed by atoms with Crippen LogP contribution in [0.4, 0.5) is 8.78 Å². The van der Waals surface area contributed by atoms with E-state index < -0.39 is 24.4 Å². The zero-order valence-corrected chi connectivity index (χ0v) is 9.83. The van der Waals surface area contributed by atoms with Crippen molar-refractivity contribution in [1.29, 1.82) is 0 Å². The van der Waals surface area contributed by atoms with Crippen molar-refractivity contribution in [2.75, 3.05) is 26.7 Å². The molecule has 17 heavy (non-hydrogen) atoms. The van der Waals surface area contributed by atoms with E-state index in [2.05, 4.69) is 10.1 Å².